The second kappa shape index (κ2) is 6.97. The third kappa shape index (κ3) is 3.64. The van der Waals surface area contributed by atoms with Crippen LogP contribution in [0.15, 0.2) is 71.3 Å². The van der Waals surface area contributed by atoms with Gasteiger partial charge in [0, 0.05) is 22.0 Å². The van der Waals surface area contributed by atoms with Crippen LogP contribution >= 0.6 is 0 Å². The summed E-state index contributed by atoms with van der Waals surface area (Å²) in [5.74, 6) is -0.438. The molecule has 1 heterocycles. The number of aromatic hydroxyl groups is 1. The molecule has 0 aliphatic rings. The number of phenols is 1. The molecule has 0 spiro atoms. The van der Waals surface area contributed by atoms with E-state index < -0.39 is 17.6 Å². The molecule has 8 heteroatoms. The number of hydrogen-bond acceptors (Lipinski definition) is 4. The van der Waals surface area contributed by atoms with Crippen LogP contribution in [0.3, 0.4) is 0 Å². The van der Waals surface area contributed by atoms with Gasteiger partial charge in [-0.1, -0.05) is 24.3 Å². The van der Waals surface area contributed by atoms with Crippen molar-refractivity contribution in [1.29, 1.82) is 0 Å². The van der Waals surface area contributed by atoms with Crippen molar-refractivity contribution in [3.05, 3.63) is 78.2 Å². The molecular weight excluding hydrogens is 385 g/mol. The summed E-state index contributed by atoms with van der Waals surface area (Å²) < 4.78 is 43.3. The van der Waals surface area contributed by atoms with Crippen molar-refractivity contribution in [2.75, 3.05) is 5.32 Å². The maximum Gasteiger partial charge on any atom is 0.416 e. The first-order chi connectivity index (χ1) is 13.8. The zero-order valence-electron chi connectivity index (χ0n) is 14.7. The number of aromatic nitrogens is 1. The average molecular weight is 398 g/mol. The lowest BCUT2D eigenvalue weighted by Crippen LogP contribution is -2.12. The minimum absolute atomic E-state index is 0.0273. The molecule has 5 nitrogen and oxygen atoms in total. The first kappa shape index (κ1) is 18.5. The van der Waals surface area contributed by atoms with Crippen LogP contribution in [-0.4, -0.2) is 16.0 Å². The molecule has 0 saturated heterocycles. The Balaban J connectivity index is 1.57. The molecule has 1 amide bonds. The molecule has 0 radical (unpaired) electrons. The van der Waals surface area contributed by atoms with Crippen molar-refractivity contribution < 1.29 is 27.5 Å². The monoisotopic (exact) mass is 398 g/mol. The second-order valence-electron chi connectivity index (χ2n) is 6.24. The number of benzene rings is 3. The SMILES string of the molecule is O=C(Nc1cccc2c(O)cccc12)c1coc(-c2ccc(C(F)(F)F)cc2)n1. The molecular formula is C21H13F3N2O3. The van der Waals surface area contributed by atoms with Gasteiger partial charge >= 0.3 is 6.18 Å². The Labute approximate surface area is 162 Å². The molecule has 0 saturated carbocycles. The van der Waals surface area contributed by atoms with Gasteiger partial charge in [0.1, 0.15) is 12.0 Å². The maximum absolute atomic E-state index is 12.7. The number of anilines is 1. The van der Waals surface area contributed by atoms with E-state index in [1.165, 1.54) is 12.1 Å². The molecule has 0 atom stereocenters. The van der Waals surface area contributed by atoms with Crippen molar-refractivity contribution in [1.82, 2.24) is 4.98 Å². The highest BCUT2D eigenvalue weighted by atomic mass is 19.4. The van der Waals surface area contributed by atoms with Crippen molar-refractivity contribution >= 4 is 22.4 Å². The minimum Gasteiger partial charge on any atom is -0.507 e. The summed E-state index contributed by atoms with van der Waals surface area (Å²) in [5, 5.41) is 13.9. The number of nitrogens with one attached hydrogen (secondary N) is 1. The van der Waals surface area contributed by atoms with Gasteiger partial charge in [-0.15, -0.1) is 0 Å². The summed E-state index contributed by atoms with van der Waals surface area (Å²) >= 11 is 0. The number of halogens is 3. The summed E-state index contributed by atoms with van der Waals surface area (Å²) in [6, 6.07) is 14.3. The quantitative estimate of drug-likeness (QED) is 0.480. The van der Waals surface area contributed by atoms with E-state index in [2.05, 4.69) is 10.3 Å². The van der Waals surface area contributed by atoms with Gasteiger partial charge in [-0.2, -0.15) is 13.2 Å². The molecule has 0 bridgehead atoms. The molecule has 0 aliphatic carbocycles. The Hall–Kier alpha value is -3.81. The lowest BCUT2D eigenvalue weighted by Gasteiger charge is -2.08. The zero-order valence-corrected chi connectivity index (χ0v) is 14.7. The number of amides is 1. The van der Waals surface area contributed by atoms with Crippen LogP contribution in [0.25, 0.3) is 22.2 Å². The molecule has 1 aromatic heterocycles. The van der Waals surface area contributed by atoms with Crippen LogP contribution in [0.5, 0.6) is 5.75 Å². The number of hydrogen-bond donors (Lipinski definition) is 2. The highest BCUT2D eigenvalue weighted by Gasteiger charge is 2.30. The van der Waals surface area contributed by atoms with Gasteiger partial charge in [-0.25, -0.2) is 4.98 Å². The summed E-state index contributed by atoms with van der Waals surface area (Å²) in [7, 11) is 0. The predicted octanol–water partition coefficient (Wildman–Crippen LogP) is 5.47. The fourth-order valence-corrected chi connectivity index (χ4v) is 2.90. The van der Waals surface area contributed by atoms with E-state index in [-0.39, 0.29) is 17.3 Å². The number of carbonyl (C=O) groups excluding carboxylic acids is 1. The Kier molecular flexibility index (Phi) is 4.46. The Morgan fingerprint density at radius 1 is 0.966 bits per heavy atom. The summed E-state index contributed by atoms with van der Waals surface area (Å²) in [5.41, 5.74) is -0.0309. The number of fused-ring (bicyclic) bond motifs is 1. The Bertz CT molecular complexity index is 1200. The van der Waals surface area contributed by atoms with E-state index in [0.717, 1.165) is 18.4 Å². The minimum atomic E-state index is -4.44. The Morgan fingerprint density at radius 3 is 2.38 bits per heavy atom. The first-order valence-corrected chi connectivity index (χ1v) is 8.48. The van der Waals surface area contributed by atoms with E-state index in [1.54, 1.807) is 36.4 Å². The lowest BCUT2D eigenvalue weighted by molar-refractivity contribution is -0.137. The number of alkyl halides is 3. The number of oxazole rings is 1. The van der Waals surface area contributed by atoms with Crippen molar-refractivity contribution in [2.45, 2.75) is 6.18 Å². The fraction of sp³-hybridized carbons (Fsp3) is 0.0476. The van der Waals surface area contributed by atoms with E-state index in [1.807, 2.05) is 0 Å². The van der Waals surface area contributed by atoms with Gasteiger partial charge in [-0.05, 0) is 36.4 Å². The number of nitrogens with zero attached hydrogens (tertiary/aromatic N) is 1. The smallest absolute Gasteiger partial charge is 0.416 e. The molecule has 29 heavy (non-hydrogen) atoms. The predicted molar refractivity (Wildman–Crippen MR) is 101 cm³/mol. The topological polar surface area (TPSA) is 75.4 Å². The average Bonchev–Trinajstić information content (AvgIpc) is 3.19. The summed E-state index contributed by atoms with van der Waals surface area (Å²) in [6.07, 6.45) is -3.31. The lowest BCUT2D eigenvalue weighted by atomic mass is 10.1. The molecule has 146 valence electrons. The van der Waals surface area contributed by atoms with E-state index >= 15 is 0 Å². The summed E-state index contributed by atoms with van der Waals surface area (Å²) in [6.45, 7) is 0. The number of phenolic OH excluding ortho intramolecular Hbond substituents is 1. The molecule has 0 unspecified atom stereocenters. The number of rotatable bonds is 3. The van der Waals surface area contributed by atoms with Gasteiger partial charge in [0.25, 0.3) is 5.91 Å². The van der Waals surface area contributed by atoms with Gasteiger partial charge in [0.05, 0.1) is 5.56 Å². The third-order valence-corrected chi connectivity index (χ3v) is 4.34. The van der Waals surface area contributed by atoms with Crippen molar-refractivity contribution in [2.24, 2.45) is 0 Å². The van der Waals surface area contributed by atoms with E-state index in [9.17, 15) is 23.1 Å². The van der Waals surface area contributed by atoms with Crippen LogP contribution in [0, 0.1) is 0 Å². The van der Waals surface area contributed by atoms with Crippen molar-refractivity contribution in [3.8, 4) is 17.2 Å². The van der Waals surface area contributed by atoms with Crippen LogP contribution in [0.2, 0.25) is 0 Å². The molecule has 4 rings (SSSR count). The van der Waals surface area contributed by atoms with E-state index in [0.29, 0.717) is 22.0 Å². The first-order valence-electron chi connectivity index (χ1n) is 8.48. The highest BCUT2D eigenvalue weighted by molar-refractivity contribution is 6.09. The normalized spacial score (nSPS) is 11.6. The summed E-state index contributed by atoms with van der Waals surface area (Å²) in [4.78, 5) is 16.6. The van der Waals surface area contributed by atoms with Crippen LogP contribution < -0.4 is 5.32 Å². The molecule has 4 aromatic rings. The van der Waals surface area contributed by atoms with Gasteiger partial charge in [-0.3, -0.25) is 4.79 Å². The van der Waals surface area contributed by atoms with Crippen molar-refractivity contribution in [3.63, 3.8) is 0 Å². The van der Waals surface area contributed by atoms with Crippen LogP contribution in [-0.2, 0) is 6.18 Å². The van der Waals surface area contributed by atoms with Crippen LogP contribution in [0.4, 0.5) is 18.9 Å². The molecule has 2 N–H and O–H groups in total. The zero-order chi connectivity index (χ0) is 20.6. The maximum atomic E-state index is 12.7. The fourth-order valence-electron chi connectivity index (χ4n) is 2.90. The molecule has 3 aromatic carbocycles. The highest BCUT2D eigenvalue weighted by Crippen LogP contribution is 2.32. The third-order valence-electron chi connectivity index (χ3n) is 4.34. The van der Waals surface area contributed by atoms with Crippen LogP contribution in [0.1, 0.15) is 16.1 Å². The standard InChI is InChI=1S/C21H13F3N2O3/c22-21(23,24)13-9-7-12(8-10-13)20-26-17(11-29-20)19(28)25-16-5-1-4-15-14(16)3-2-6-18(15)27/h1-11,27H,(H,25,28). The Morgan fingerprint density at radius 2 is 1.66 bits per heavy atom. The second-order valence-corrected chi connectivity index (χ2v) is 6.24. The van der Waals surface area contributed by atoms with Gasteiger partial charge in [0.15, 0.2) is 5.69 Å². The van der Waals surface area contributed by atoms with E-state index in [4.69, 9.17) is 4.42 Å². The number of carbonyl (C=O) groups is 1. The largest absolute Gasteiger partial charge is 0.507 e. The van der Waals surface area contributed by atoms with Gasteiger partial charge < -0.3 is 14.8 Å². The molecule has 0 aliphatic heterocycles. The molecule has 0 fully saturated rings. The van der Waals surface area contributed by atoms with Gasteiger partial charge in [0.2, 0.25) is 5.89 Å².